The number of carbonyl (C=O) groups excluding carboxylic acids is 1. The fraction of sp³-hybridized carbons (Fsp3) is 0.263. The van der Waals surface area contributed by atoms with Crippen LogP contribution >= 0.6 is 0 Å². The van der Waals surface area contributed by atoms with E-state index in [1.165, 1.54) is 4.68 Å². The van der Waals surface area contributed by atoms with Crippen LogP contribution in [0.5, 0.6) is 0 Å². The van der Waals surface area contributed by atoms with Crippen molar-refractivity contribution in [1.82, 2.24) is 15.1 Å². The summed E-state index contributed by atoms with van der Waals surface area (Å²) >= 11 is 0. The fourth-order valence-corrected chi connectivity index (χ4v) is 4.33. The standard InChI is InChI=1S/C19H12B8N4O/c20-9-7(8-11(22)14(25)18(27)29-17(8)26)10(21)13(24)16(12(9)23)31-4-5-2-1-3-6(19(28)32)15(5)30-31/h1-4,8,11,14,17-18,29H,(H2,28,32). The number of fused-ring (bicyclic) bond motifs is 1. The van der Waals surface area contributed by atoms with Crippen molar-refractivity contribution in [3.05, 3.63) is 35.5 Å². The van der Waals surface area contributed by atoms with Gasteiger partial charge in [-0.1, -0.05) is 51.2 Å². The Morgan fingerprint density at radius 1 is 0.938 bits per heavy atom. The Morgan fingerprint density at radius 2 is 1.56 bits per heavy atom. The smallest absolute Gasteiger partial charge is 0.250 e. The van der Waals surface area contributed by atoms with Crippen molar-refractivity contribution in [2.75, 3.05) is 0 Å². The lowest BCUT2D eigenvalue weighted by Gasteiger charge is -2.47. The summed E-state index contributed by atoms with van der Waals surface area (Å²) in [6.45, 7) is 0. The lowest BCUT2D eigenvalue weighted by Crippen LogP contribution is -2.57. The molecule has 13 heteroatoms. The van der Waals surface area contributed by atoms with Crippen LogP contribution in [0, 0.1) is 0 Å². The molecule has 4 rings (SSSR count). The largest absolute Gasteiger partial charge is 0.366 e. The molecule has 5 unspecified atom stereocenters. The van der Waals surface area contributed by atoms with Gasteiger partial charge in [-0.3, -0.25) is 4.79 Å². The summed E-state index contributed by atoms with van der Waals surface area (Å²) in [5.74, 6) is -3.74. The number of hydrogen-bond acceptors (Lipinski definition) is 3. The number of nitrogens with one attached hydrogen (secondary N) is 1. The zero-order valence-electron chi connectivity index (χ0n) is 17.2. The monoisotopic (exact) mass is 400 g/mol. The van der Waals surface area contributed by atoms with E-state index in [4.69, 9.17) is 68.5 Å². The Labute approximate surface area is 197 Å². The van der Waals surface area contributed by atoms with E-state index in [2.05, 4.69) is 10.4 Å². The highest BCUT2D eigenvalue weighted by Gasteiger charge is 2.37. The Bertz CT molecular complexity index is 1200. The van der Waals surface area contributed by atoms with Crippen molar-refractivity contribution in [3.8, 4) is 5.69 Å². The van der Waals surface area contributed by atoms with Gasteiger partial charge in [0.1, 0.15) is 36.9 Å². The average molecular weight is 399 g/mol. The number of nitrogens with zero attached hydrogens (tertiary/aromatic N) is 2. The number of piperidine rings is 1. The van der Waals surface area contributed by atoms with Gasteiger partial charge in [0.15, 0.2) is 0 Å². The topological polar surface area (TPSA) is 72.9 Å². The summed E-state index contributed by atoms with van der Waals surface area (Å²) in [6.07, 6.45) is 1.65. The number of benzene rings is 2. The molecule has 16 radical (unpaired) electrons. The summed E-state index contributed by atoms with van der Waals surface area (Å²) in [7, 11) is 50.3. The molecule has 32 heavy (non-hydrogen) atoms. The van der Waals surface area contributed by atoms with E-state index in [1.54, 1.807) is 24.4 Å². The Morgan fingerprint density at radius 3 is 2.16 bits per heavy atom. The maximum atomic E-state index is 11.8. The molecule has 2 heterocycles. The summed E-state index contributed by atoms with van der Waals surface area (Å²) in [5.41, 5.74) is 7.33. The molecule has 1 aliphatic rings. The van der Waals surface area contributed by atoms with E-state index < -0.39 is 35.3 Å². The van der Waals surface area contributed by atoms with E-state index in [0.29, 0.717) is 16.5 Å². The van der Waals surface area contributed by atoms with Gasteiger partial charge in [0.2, 0.25) is 0 Å². The first-order valence-electron chi connectivity index (χ1n) is 9.87. The first-order valence-corrected chi connectivity index (χ1v) is 9.87. The predicted octanol–water partition coefficient (Wildman–Crippen LogP) is -4.11. The predicted molar refractivity (Wildman–Crippen MR) is 135 cm³/mol. The molecule has 3 N–H and O–H groups in total. The molecule has 0 aliphatic carbocycles. The van der Waals surface area contributed by atoms with Crippen LogP contribution in [0.1, 0.15) is 21.8 Å². The lowest BCUT2D eigenvalue weighted by atomic mass is 9.47. The van der Waals surface area contributed by atoms with E-state index >= 15 is 0 Å². The molecular weight excluding hydrogens is 387 g/mol. The third-order valence-corrected chi connectivity index (χ3v) is 6.08. The van der Waals surface area contributed by atoms with Crippen molar-refractivity contribution in [2.24, 2.45) is 5.73 Å². The minimum Gasteiger partial charge on any atom is -0.366 e. The van der Waals surface area contributed by atoms with Gasteiger partial charge in [0.05, 0.1) is 36.9 Å². The van der Waals surface area contributed by atoms with Crippen LogP contribution in [-0.4, -0.2) is 90.3 Å². The van der Waals surface area contributed by atoms with Crippen LogP contribution in [0.2, 0.25) is 11.6 Å². The fourth-order valence-electron chi connectivity index (χ4n) is 4.33. The molecule has 1 saturated heterocycles. The maximum Gasteiger partial charge on any atom is 0.250 e. The first kappa shape index (κ1) is 23.0. The van der Waals surface area contributed by atoms with Crippen LogP contribution in [0.25, 0.3) is 16.6 Å². The minimum absolute atomic E-state index is 0.128. The molecule has 3 aromatic rings. The van der Waals surface area contributed by atoms with Crippen LogP contribution in [0.3, 0.4) is 0 Å². The van der Waals surface area contributed by atoms with Gasteiger partial charge in [-0.25, -0.2) is 4.68 Å². The van der Waals surface area contributed by atoms with Crippen molar-refractivity contribution in [2.45, 2.75) is 29.4 Å². The van der Waals surface area contributed by atoms with Crippen molar-refractivity contribution in [1.29, 1.82) is 0 Å². The van der Waals surface area contributed by atoms with E-state index in [1.807, 2.05) is 0 Å². The molecule has 138 valence electrons. The third-order valence-electron chi connectivity index (χ3n) is 6.08. The Balaban J connectivity index is 1.90. The van der Waals surface area contributed by atoms with Crippen LogP contribution in [0.4, 0.5) is 0 Å². The highest BCUT2D eigenvalue weighted by molar-refractivity contribution is 6.59. The quantitative estimate of drug-likeness (QED) is 0.440. The summed E-state index contributed by atoms with van der Waals surface area (Å²) in [5, 5.41) is 8.08. The van der Waals surface area contributed by atoms with Crippen LogP contribution in [-0.2, 0) is 0 Å². The van der Waals surface area contributed by atoms with Crippen molar-refractivity contribution < 1.29 is 4.79 Å². The summed E-state index contributed by atoms with van der Waals surface area (Å²) < 4.78 is 1.42. The number of primary amides is 1. The molecule has 1 aromatic heterocycles. The zero-order valence-corrected chi connectivity index (χ0v) is 17.2. The van der Waals surface area contributed by atoms with Crippen LogP contribution < -0.4 is 32.9 Å². The van der Waals surface area contributed by atoms with E-state index in [0.717, 1.165) is 0 Å². The second kappa shape index (κ2) is 8.33. The molecule has 0 bridgehead atoms. The van der Waals surface area contributed by atoms with Gasteiger partial charge in [-0.2, -0.15) is 5.10 Å². The molecule has 0 spiro atoms. The SMILES string of the molecule is [B]c1c([B])c(-n2cc3cccc(C(N)=O)c3n2)c([B])c([B])c1C1C([B])NC([B])C([B])C1[B]. The molecule has 5 nitrogen and oxygen atoms in total. The number of hydrogen-bond donors (Lipinski definition) is 2. The molecule has 2 aromatic carbocycles. The molecule has 5 atom stereocenters. The number of nitrogens with two attached hydrogens (primary N) is 1. The van der Waals surface area contributed by atoms with E-state index in [-0.39, 0.29) is 33.1 Å². The minimum atomic E-state index is -0.681. The third kappa shape index (κ3) is 3.49. The second-order valence-electron chi connectivity index (χ2n) is 8.00. The maximum absolute atomic E-state index is 11.8. The summed E-state index contributed by atoms with van der Waals surface area (Å²) in [6, 6.07) is 5.04. The van der Waals surface area contributed by atoms with Crippen LogP contribution in [0.15, 0.2) is 24.4 Å². The number of carbonyl (C=O) groups is 1. The summed E-state index contributed by atoms with van der Waals surface area (Å²) in [4.78, 5) is 11.8. The van der Waals surface area contributed by atoms with E-state index in [9.17, 15) is 4.79 Å². The lowest BCUT2D eigenvalue weighted by molar-refractivity contribution is 0.100. The number of aromatic nitrogens is 2. The molecule has 1 fully saturated rings. The highest BCUT2D eigenvalue weighted by Crippen LogP contribution is 2.40. The van der Waals surface area contributed by atoms with Crippen molar-refractivity contribution >= 4 is 101 Å². The zero-order chi connectivity index (χ0) is 23.5. The molecule has 1 aliphatic heterocycles. The van der Waals surface area contributed by atoms with Gasteiger partial charge >= 0.3 is 0 Å². The Kier molecular flexibility index (Phi) is 5.99. The average Bonchev–Trinajstić information content (AvgIpc) is 3.16. The molecule has 1 amide bonds. The molecule has 0 saturated carbocycles. The normalized spacial score (nSPS) is 25.7. The van der Waals surface area contributed by atoms with Gasteiger partial charge in [0.25, 0.3) is 5.91 Å². The Hall–Kier alpha value is -2.14. The van der Waals surface area contributed by atoms with Gasteiger partial charge in [-0.15, -0.1) is 0 Å². The first-order chi connectivity index (χ1) is 15.0. The highest BCUT2D eigenvalue weighted by atomic mass is 16.1. The number of rotatable bonds is 3. The number of amides is 1. The van der Waals surface area contributed by atoms with Gasteiger partial charge in [0, 0.05) is 17.3 Å². The van der Waals surface area contributed by atoms with Gasteiger partial charge in [-0.05, 0) is 23.9 Å². The molecular formula is C19H12B8N4O. The van der Waals surface area contributed by atoms with Gasteiger partial charge < -0.3 is 11.1 Å². The second-order valence-corrected chi connectivity index (χ2v) is 8.00. The van der Waals surface area contributed by atoms with Crippen molar-refractivity contribution in [3.63, 3.8) is 0 Å².